The lowest BCUT2D eigenvalue weighted by atomic mass is 10.2. The van der Waals surface area contributed by atoms with Crippen LogP contribution in [0, 0.1) is 6.92 Å². The number of ether oxygens (including phenoxy) is 1. The van der Waals surface area contributed by atoms with Gasteiger partial charge < -0.3 is 14.5 Å². The van der Waals surface area contributed by atoms with Crippen LogP contribution in [0.5, 0.6) is 5.75 Å². The normalized spacial score (nSPS) is 11.2. The van der Waals surface area contributed by atoms with E-state index in [0.29, 0.717) is 12.6 Å². The van der Waals surface area contributed by atoms with Crippen LogP contribution < -0.4 is 10.1 Å². The highest BCUT2D eigenvalue weighted by Crippen LogP contribution is 2.17. The topological polar surface area (TPSA) is 52.2 Å². The first-order valence-electron chi connectivity index (χ1n) is 7.05. The van der Waals surface area contributed by atoms with E-state index in [-0.39, 0.29) is 0 Å². The predicted octanol–water partition coefficient (Wildman–Crippen LogP) is 2.88. The molecule has 2 aromatic heterocycles. The maximum Gasteiger partial charge on any atom is 0.157 e. The molecular weight excluding hydrogens is 254 g/mol. The second-order valence-electron chi connectivity index (χ2n) is 5.15. The number of furan rings is 1. The second kappa shape index (κ2) is 6.61. The molecule has 0 radical (unpaired) electrons. The van der Waals surface area contributed by atoms with E-state index in [0.717, 1.165) is 30.4 Å². The highest BCUT2D eigenvalue weighted by atomic mass is 16.5. The molecule has 0 atom stereocenters. The molecule has 2 rings (SSSR count). The summed E-state index contributed by atoms with van der Waals surface area (Å²) < 4.78 is 13.2. The van der Waals surface area contributed by atoms with Crippen LogP contribution in [0.2, 0.25) is 0 Å². The van der Waals surface area contributed by atoms with Crippen LogP contribution in [-0.2, 0) is 19.7 Å². The van der Waals surface area contributed by atoms with Gasteiger partial charge in [-0.05, 0) is 19.9 Å². The summed E-state index contributed by atoms with van der Waals surface area (Å²) >= 11 is 0. The van der Waals surface area contributed by atoms with Gasteiger partial charge in [0.1, 0.15) is 18.1 Å². The Morgan fingerprint density at radius 1 is 1.45 bits per heavy atom. The maximum atomic E-state index is 5.71. The summed E-state index contributed by atoms with van der Waals surface area (Å²) in [4.78, 5) is 0. The lowest BCUT2D eigenvalue weighted by Gasteiger charge is -2.05. The van der Waals surface area contributed by atoms with Crippen LogP contribution in [0.4, 0.5) is 0 Å². The van der Waals surface area contributed by atoms with Crippen molar-refractivity contribution in [1.82, 2.24) is 15.1 Å². The molecule has 2 heterocycles. The Balaban J connectivity index is 1.91. The number of nitrogens with one attached hydrogen (secondary N) is 1. The van der Waals surface area contributed by atoms with Gasteiger partial charge in [-0.3, -0.25) is 4.68 Å². The smallest absolute Gasteiger partial charge is 0.157 e. The summed E-state index contributed by atoms with van der Waals surface area (Å²) in [6, 6.07) is 2.51. The molecule has 0 spiro atoms. The van der Waals surface area contributed by atoms with Crippen molar-refractivity contribution < 1.29 is 9.15 Å². The molecule has 110 valence electrons. The number of rotatable bonds is 7. The molecule has 0 aliphatic rings. The molecule has 0 aromatic carbocycles. The van der Waals surface area contributed by atoms with Gasteiger partial charge in [-0.15, -0.1) is 0 Å². The largest absolute Gasteiger partial charge is 0.482 e. The number of hydrogen-bond acceptors (Lipinski definition) is 4. The highest BCUT2D eigenvalue weighted by molar-refractivity contribution is 5.21. The average molecular weight is 277 g/mol. The van der Waals surface area contributed by atoms with Crippen molar-refractivity contribution in [3.8, 4) is 5.75 Å². The van der Waals surface area contributed by atoms with E-state index in [2.05, 4.69) is 30.3 Å². The third-order valence-electron chi connectivity index (χ3n) is 3.09. The predicted molar refractivity (Wildman–Crippen MR) is 77.7 cm³/mol. The van der Waals surface area contributed by atoms with Crippen molar-refractivity contribution in [3.05, 3.63) is 35.5 Å². The summed E-state index contributed by atoms with van der Waals surface area (Å²) in [5.41, 5.74) is 1.18. The zero-order valence-electron chi connectivity index (χ0n) is 12.6. The molecule has 0 aliphatic heterocycles. The first kappa shape index (κ1) is 14.7. The minimum Gasteiger partial charge on any atom is -0.482 e. The quantitative estimate of drug-likeness (QED) is 0.845. The summed E-state index contributed by atoms with van der Waals surface area (Å²) in [6.45, 7) is 10.4. The van der Waals surface area contributed by atoms with E-state index in [1.807, 2.05) is 24.7 Å². The minimum absolute atomic E-state index is 0.428. The Kier molecular flexibility index (Phi) is 4.84. The fraction of sp³-hybridized carbons (Fsp3) is 0.533. The third kappa shape index (κ3) is 3.87. The molecule has 5 heteroatoms. The Morgan fingerprint density at radius 2 is 2.25 bits per heavy atom. The van der Waals surface area contributed by atoms with Crippen LogP contribution in [0.25, 0.3) is 0 Å². The number of nitrogens with zero attached hydrogens (tertiary/aromatic N) is 2. The molecule has 0 saturated carbocycles. The van der Waals surface area contributed by atoms with Crippen LogP contribution in [0.1, 0.15) is 37.9 Å². The Labute approximate surface area is 119 Å². The van der Waals surface area contributed by atoms with Gasteiger partial charge in [0.25, 0.3) is 0 Å². The van der Waals surface area contributed by atoms with Crippen molar-refractivity contribution in [3.63, 3.8) is 0 Å². The SMILES string of the molecule is CCn1cc(OCc2cc(CNC(C)C)c(C)o2)cn1. The Morgan fingerprint density at radius 3 is 2.90 bits per heavy atom. The average Bonchev–Trinajstić information content (AvgIpc) is 3.00. The molecule has 0 unspecified atom stereocenters. The summed E-state index contributed by atoms with van der Waals surface area (Å²) in [5.74, 6) is 2.55. The van der Waals surface area contributed by atoms with Gasteiger partial charge in [0, 0.05) is 24.7 Å². The van der Waals surface area contributed by atoms with Crippen molar-refractivity contribution >= 4 is 0 Å². The van der Waals surface area contributed by atoms with Crippen molar-refractivity contribution in [2.75, 3.05) is 0 Å². The van der Waals surface area contributed by atoms with Crippen molar-refractivity contribution in [2.24, 2.45) is 0 Å². The van der Waals surface area contributed by atoms with Crippen LogP contribution in [-0.4, -0.2) is 15.8 Å². The van der Waals surface area contributed by atoms with E-state index < -0.39 is 0 Å². The van der Waals surface area contributed by atoms with E-state index in [1.54, 1.807) is 6.20 Å². The summed E-state index contributed by atoms with van der Waals surface area (Å²) in [7, 11) is 0. The molecule has 2 aromatic rings. The maximum absolute atomic E-state index is 5.71. The molecule has 0 fully saturated rings. The Hall–Kier alpha value is -1.75. The van der Waals surface area contributed by atoms with Gasteiger partial charge in [-0.2, -0.15) is 5.10 Å². The van der Waals surface area contributed by atoms with E-state index in [1.165, 1.54) is 5.56 Å². The fourth-order valence-corrected chi connectivity index (χ4v) is 1.89. The highest BCUT2D eigenvalue weighted by Gasteiger charge is 2.09. The van der Waals surface area contributed by atoms with Gasteiger partial charge >= 0.3 is 0 Å². The molecule has 20 heavy (non-hydrogen) atoms. The van der Waals surface area contributed by atoms with Gasteiger partial charge in [-0.25, -0.2) is 0 Å². The van der Waals surface area contributed by atoms with Gasteiger partial charge in [0.2, 0.25) is 0 Å². The third-order valence-corrected chi connectivity index (χ3v) is 3.09. The van der Waals surface area contributed by atoms with Crippen molar-refractivity contribution in [1.29, 1.82) is 0 Å². The van der Waals surface area contributed by atoms with Gasteiger partial charge in [-0.1, -0.05) is 13.8 Å². The first-order valence-corrected chi connectivity index (χ1v) is 7.05. The second-order valence-corrected chi connectivity index (χ2v) is 5.15. The standard InChI is InChI=1S/C15H23N3O2/c1-5-18-9-15(8-17-18)19-10-14-6-13(12(4)20-14)7-16-11(2)3/h6,8-9,11,16H,5,7,10H2,1-4H3. The number of hydrogen-bond donors (Lipinski definition) is 1. The van der Waals surface area contributed by atoms with E-state index >= 15 is 0 Å². The molecule has 1 N–H and O–H groups in total. The monoisotopic (exact) mass is 277 g/mol. The lowest BCUT2D eigenvalue weighted by Crippen LogP contribution is -2.21. The van der Waals surface area contributed by atoms with E-state index in [9.17, 15) is 0 Å². The first-order chi connectivity index (χ1) is 9.58. The van der Waals surface area contributed by atoms with Gasteiger partial charge in [0.05, 0.1) is 12.4 Å². The van der Waals surface area contributed by atoms with Crippen LogP contribution >= 0.6 is 0 Å². The Bertz CT molecular complexity index is 543. The van der Waals surface area contributed by atoms with Crippen molar-refractivity contribution in [2.45, 2.75) is 53.4 Å². The summed E-state index contributed by atoms with van der Waals surface area (Å²) in [6.07, 6.45) is 3.61. The van der Waals surface area contributed by atoms with E-state index in [4.69, 9.17) is 9.15 Å². The molecule has 0 bridgehead atoms. The van der Waals surface area contributed by atoms with Crippen LogP contribution in [0.15, 0.2) is 22.9 Å². The number of aromatic nitrogens is 2. The molecule has 5 nitrogen and oxygen atoms in total. The fourth-order valence-electron chi connectivity index (χ4n) is 1.89. The minimum atomic E-state index is 0.428. The molecule has 0 amide bonds. The summed E-state index contributed by atoms with van der Waals surface area (Å²) in [5, 5.41) is 7.56. The van der Waals surface area contributed by atoms with Crippen LogP contribution in [0.3, 0.4) is 0 Å². The number of aryl methyl sites for hydroxylation is 2. The van der Waals surface area contributed by atoms with Gasteiger partial charge in [0.15, 0.2) is 5.75 Å². The lowest BCUT2D eigenvalue weighted by molar-refractivity contribution is 0.267. The zero-order chi connectivity index (χ0) is 14.5. The zero-order valence-corrected chi connectivity index (χ0v) is 12.6. The molecule has 0 saturated heterocycles. The molecule has 0 aliphatic carbocycles. The molecular formula is C15H23N3O2.